The number of imidazole rings is 1. The van der Waals surface area contributed by atoms with E-state index in [0.29, 0.717) is 16.1 Å². The lowest BCUT2D eigenvalue weighted by Gasteiger charge is -2.14. The summed E-state index contributed by atoms with van der Waals surface area (Å²) in [4.78, 5) is 4.72. The predicted octanol–water partition coefficient (Wildman–Crippen LogP) is 5.28. The molecule has 2 heterocycles. The van der Waals surface area contributed by atoms with E-state index in [0.717, 1.165) is 48.2 Å². The highest BCUT2D eigenvalue weighted by atomic mass is 35.5. The van der Waals surface area contributed by atoms with Crippen LogP contribution in [-0.4, -0.2) is 22.3 Å². The fourth-order valence-electron chi connectivity index (χ4n) is 2.72. The van der Waals surface area contributed by atoms with Crippen molar-refractivity contribution >= 4 is 35.0 Å². The van der Waals surface area contributed by atoms with Gasteiger partial charge in [0.05, 0.1) is 28.4 Å². The first-order valence-corrected chi connectivity index (χ1v) is 9.51. The van der Waals surface area contributed by atoms with Crippen molar-refractivity contribution in [1.82, 2.24) is 9.55 Å². The molecule has 0 radical (unpaired) electrons. The van der Waals surface area contributed by atoms with Crippen molar-refractivity contribution in [1.29, 1.82) is 0 Å². The molecule has 0 spiro atoms. The van der Waals surface area contributed by atoms with Crippen LogP contribution in [0.2, 0.25) is 10.0 Å². The monoisotopic (exact) mass is 370 g/mol. The number of halogens is 2. The Morgan fingerprint density at radius 3 is 2.83 bits per heavy atom. The van der Waals surface area contributed by atoms with E-state index >= 15 is 0 Å². The average molecular weight is 371 g/mol. The Kier molecular flexibility index (Phi) is 5.57. The summed E-state index contributed by atoms with van der Waals surface area (Å²) >= 11 is 13.8. The van der Waals surface area contributed by atoms with E-state index in [1.807, 2.05) is 18.2 Å². The van der Waals surface area contributed by atoms with Gasteiger partial charge in [0.15, 0.2) is 5.16 Å². The van der Waals surface area contributed by atoms with Gasteiger partial charge in [-0.15, -0.1) is 0 Å². The maximum Gasteiger partial charge on any atom is 0.168 e. The maximum atomic E-state index is 6.09. The summed E-state index contributed by atoms with van der Waals surface area (Å²) < 4.78 is 8.06. The van der Waals surface area contributed by atoms with E-state index in [-0.39, 0.29) is 0 Å². The third-order valence-corrected chi connectivity index (χ3v) is 5.97. The second-order valence-electron chi connectivity index (χ2n) is 5.85. The molecule has 1 aromatic heterocycles. The number of hydrogen-bond acceptors (Lipinski definition) is 3. The van der Waals surface area contributed by atoms with Gasteiger partial charge >= 0.3 is 0 Å². The Hall–Kier alpha value is -0.680. The molecule has 3 nitrogen and oxygen atoms in total. The quantitative estimate of drug-likeness (QED) is 0.670. The van der Waals surface area contributed by atoms with Gasteiger partial charge in [0.2, 0.25) is 0 Å². The Balaban J connectivity index is 1.73. The van der Waals surface area contributed by atoms with Gasteiger partial charge in [-0.3, -0.25) is 0 Å². The van der Waals surface area contributed by atoms with Crippen LogP contribution in [0.5, 0.6) is 0 Å². The third kappa shape index (κ3) is 4.05. The Morgan fingerprint density at radius 1 is 1.30 bits per heavy atom. The van der Waals surface area contributed by atoms with Crippen molar-refractivity contribution < 1.29 is 4.74 Å². The zero-order chi connectivity index (χ0) is 16.4. The van der Waals surface area contributed by atoms with Crippen molar-refractivity contribution in [3.8, 4) is 0 Å². The molecule has 124 valence electrons. The molecule has 1 fully saturated rings. The first kappa shape index (κ1) is 17.2. The molecule has 1 aliphatic heterocycles. The fraction of sp³-hybridized carbons (Fsp3) is 0.471. The minimum Gasteiger partial charge on any atom is -0.376 e. The molecule has 3 rings (SSSR count). The van der Waals surface area contributed by atoms with E-state index in [1.54, 1.807) is 11.8 Å². The van der Waals surface area contributed by atoms with E-state index < -0.39 is 0 Å². The summed E-state index contributed by atoms with van der Waals surface area (Å²) in [5.41, 5.74) is 3.45. The van der Waals surface area contributed by atoms with E-state index in [2.05, 4.69) is 18.4 Å². The van der Waals surface area contributed by atoms with Crippen LogP contribution in [0.3, 0.4) is 0 Å². The largest absolute Gasteiger partial charge is 0.376 e. The summed E-state index contributed by atoms with van der Waals surface area (Å²) in [6, 6.07) is 5.77. The number of ether oxygens (including phenoxy) is 1. The topological polar surface area (TPSA) is 27.1 Å². The van der Waals surface area contributed by atoms with Gasteiger partial charge in [-0.05, 0) is 44.4 Å². The van der Waals surface area contributed by atoms with Gasteiger partial charge in [-0.25, -0.2) is 4.98 Å². The van der Waals surface area contributed by atoms with Gasteiger partial charge in [0, 0.05) is 18.1 Å². The van der Waals surface area contributed by atoms with Crippen LogP contribution in [0.15, 0.2) is 23.4 Å². The van der Waals surface area contributed by atoms with Crippen LogP contribution in [0.1, 0.15) is 29.8 Å². The van der Waals surface area contributed by atoms with E-state index in [4.69, 9.17) is 32.9 Å². The number of rotatable bonds is 5. The summed E-state index contributed by atoms with van der Waals surface area (Å²) in [5, 5.41) is 2.23. The molecule has 1 saturated heterocycles. The average Bonchev–Trinajstić information content (AvgIpc) is 3.13. The van der Waals surface area contributed by atoms with Gasteiger partial charge in [0.1, 0.15) is 0 Å². The lowest BCUT2D eigenvalue weighted by molar-refractivity contribution is 0.0945. The SMILES string of the molecule is Cc1nc(SCc2ccc(Cl)c(Cl)c2)n(C[C@@H]2CCCO2)c1C. The van der Waals surface area contributed by atoms with Gasteiger partial charge in [-0.2, -0.15) is 0 Å². The highest BCUT2D eigenvalue weighted by Crippen LogP contribution is 2.29. The van der Waals surface area contributed by atoms with E-state index in [9.17, 15) is 0 Å². The van der Waals surface area contributed by atoms with Crippen LogP contribution >= 0.6 is 35.0 Å². The Morgan fingerprint density at radius 2 is 2.13 bits per heavy atom. The molecule has 1 aromatic carbocycles. The maximum absolute atomic E-state index is 6.09. The summed E-state index contributed by atoms with van der Waals surface area (Å²) in [5.74, 6) is 0.818. The number of hydrogen-bond donors (Lipinski definition) is 0. The molecular formula is C17H20Cl2N2OS. The molecule has 1 aliphatic rings. The molecule has 0 N–H and O–H groups in total. The second-order valence-corrected chi connectivity index (χ2v) is 7.60. The third-order valence-electron chi connectivity index (χ3n) is 4.18. The Labute approximate surface area is 151 Å². The van der Waals surface area contributed by atoms with E-state index in [1.165, 1.54) is 5.69 Å². The normalized spacial score (nSPS) is 17.8. The predicted molar refractivity (Wildman–Crippen MR) is 96.7 cm³/mol. The molecule has 23 heavy (non-hydrogen) atoms. The molecule has 1 atom stereocenters. The lowest BCUT2D eigenvalue weighted by atomic mass is 10.2. The fourth-order valence-corrected chi connectivity index (χ4v) is 4.08. The van der Waals surface area contributed by atoms with Crippen molar-refractivity contribution in [2.75, 3.05) is 6.61 Å². The van der Waals surface area contributed by atoms with Crippen molar-refractivity contribution in [2.45, 2.75) is 50.2 Å². The first-order chi connectivity index (χ1) is 11.0. The Bertz CT molecular complexity index is 696. The number of aromatic nitrogens is 2. The van der Waals surface area contributed by atoms with Gasteiger partial charge in [0.25, 0.3) is 0 Å². The minimum absolute atomic E-state index is 0.312. The van der Waals surface area contributed by atoms with Crippen LogP contribution in [0, 0.1) is 13.8 Å². The molecule has 0 amide bonds. The number of nitrogens with zero attached hydrogens (tertiary/aromatic N) is 2. The number of thioether (sulfide) groups is 1. The van der Waals surface area contributed by atoms with Crippen molar-refractivity contribution in [3.05, 3.63) is 45.2 Å². The second kappa shape index (κ2) is 7.47. The summed E-state index contributed by atoms with van der Waals surface area (Å²) in [7, 11) is 0. The zero-order valence-electron chi connectivity index (χ0n) is 13.3. The molecule has 2 aromatic rings. The summed E-state index contributed by atoms with van der Waals surface area (Å²) in [6.45, 7) is 5.95. The first-order valence-electron chi connectivity index (χ1n) is 7.76. The van der Waals surface area contributed by atoms with Crippen LogP contribution in [-0.2, 0) is 17.0 Å². The lowest BCUT2D eigenvalue weighted by Crippen LogP contribution is -2.16. The van der Waals surface area contributed by atoms with Crippen LogP contribution in [0.25, 0.3) is 0 Å². The minimum atomic E-state index is 0.312. The molecule has 0 bridgehead atoms. The highest BCUT2D eigenvalue weighted by molar-refractivity contribution is 7.98. The number of aryl methyl sites for hydroxylation is 1. The standard InChI is InChI=1S/C17H20Cl2N2OS/c1-11-12(2)21(9-14-4-3-7-22-14)17(20-11)23-10-13-5-6-15(18)16(19)8-13/h5-6,8,14H,3-4,7,9-10H2,1-2H3/t14-/m0/s1. The number of benzene rings is 1. The molecule has 0 saturated carbocycles. The molecule has 6 heteroatoms. The van der Waals surface area contributed by atoms with Crippen LogP contribution < -0.4 is 0 Å². The zero-order valence-corrected chi connectivity index (χ0v) is 15.6. The smallest absolute Gasteiger partial charge is 0.168 e. The highest BCUT2D eigenvalue weighted by Gasteiger charge is 2.20. The summed E-state index contributed by atoms with van der Waals surface area (Å²) in [6.07, 6.45) is 2.60. The van der Waals surface area contributed by atoms with Gasteiger partial charge in [-0.1, -0.05) is 41.0 Å². The van der Waals surface area contributed by atoms with Gasteiger partial charge < -0.3 is 9.30 Å². The molecule has 0 aliphatic carbocycles. The van der Waals surface area contributed by atoms with Crippen molar-refractivity contribution in [2.24, 2.45) is 0 Å². The molecular weight excluding hydrogens is 351 g/mol. The molecule has 0 unspecified atom stereocenters. The van der Waals surface area contributed by atoms with Crippen LogP contribution in [0.4, 0.5) is 0 Å². The van der Waals surface area contributed by atoms with Crippen molar-refractivity contribution in [3.63, 3.8) is 0 Å².